The Bertz CT molecular complexity index is 1070. The van der Waals surface area contributed by atoms with E-state index < -0.39 is 0 Å². The summed E-state index contributed by atoms with van der Waals surface area (Å²) in [6.45, 7) is 8.53. The minimum absolute atomic E-state index is 0.0848. The van der Waals surface area contributed by atoms with Gasteiger partial charge in [-0.1, -0.05) is 0 Å². The Hall–Kier alpha value is -2.80. The molecule has 2 aromatic rings. The van der Waals surface area contributed by atoms with Crippen molar-refractivity contribution in [1.29, 1.82) is 0 Å². The largest absolute Gasteiger partial charge is 0.493 e. The molecule has 3 aliphatic heterocycles. The van der Waals surface area contributed by atoms with Gasteiger partial charge in [-0.15, -0.1) is 0 Å². The Morgan fingerprint density at radius 1 is 0.895 bits per heavy atom. The summed E-state index contributed by atoms with van der Waals surface area (Å²) in [5.74, 6) is 3.02. The Balaban J connectivity index is 0.898. The van der Waals surface area contributed by atoms with Gasteiger partial charge in [0.2, 0.25) is 0 Å². The van der Waals surface area contributed by atoms with Crippen LogP contribution >= 0.6 is 0 Å². The number of aromatic nitrogens is 1. The third-order valence-corrected chi connectivity index (χ3v) is 9.16. The van der Waals surface area contributed by atoms with E-state index >= 15 is 0 Å². The molecule has 4 heterocycles. The number of ether oxygens (including phenoxy) is 1. The zero-order chi connectivity index (χ0) is 25.7. The molecule has 1 saturated carbocycles. The number of amides is 1. The van der Waals surface area contributed by atoms with Crippen LogP contribution in [0, 0.1) is 5.92 Å². The summed E-state index contributed by atoms with van der Waals surface area (Å²) in [6.07, 6.45) is 12.6. The van der Waals surface area contributed by atoms with Gasteiger partial charge in [-0.25, -0.2) is 4.98 Å². The first-order chi connectivity index (χ1) is 18.7. The number of nitrogens with zero attached hydrogens (tertiary/aromatic N) is 4. The van der Waals surface area contributed by atoms with E-state index in [0.29, 0.717) is 6.04 Å². The van der Waals surface area contributed by atoms with E-state index in [1.807, 2.05) is 24.4 Å². The lowest BCUT2D eigenvalue weighted by atomic mass is 9.84. The average Bonchev–Trinajstić information content (AvgIpc) is 3.47. The zero-order valence-electron chi connectivity index (χ0n) is 22.7. The maximum Gasteiger partial charge on any atom is 0.251 e. The van der Waals surface area contributed by atoms with E-state index in [9.17, 15) is 4.79 Å². The van der Waals surface area contributed by atoms with Crippen LogP contribution < -0.4 is 19.9 Å². The third-order valence-electron chi connectivity index (χ3n) is 9.16. The minimum Gasteiger partial charge on any atom is -0.493 e. The van der Waals surface area contributed by atoms with Gasteiger partial charge in [-0.2, -0.15) is 0 Å². The lowest BCUT2D eigenvalue weighted by Crippen LogP contribution is -2.47. The van der Waals surface area contributed by atoms with Crippen molar-refractivity contribution >= 4 is 17.4 Å². The molecule has 0 unspecified atom stereocenters. The van der Waals surface area contributed by atoms with Gasteiger partial charge >= 0.3 is 0 Å². The summed E-state index contributed by atoms with van der Waals surface area (Å²) >= 11 is 0. The molecule has 38 heavy (non-hydrogen) atoms. The normalized spacial score (nSPS) is 24.1. The first kappa shape index (κ1) is 25.5. The van der Waals surface area contributed by atoms with Gasteiger partial charge in [-0.05, 0) is 94.2 Å². The molecule has 6 rings (SSSR count). The second-order valence-corrected chi connectivity index (χ2v) is 11.6. The number of piperazine rings is 1. The molecule has 3 fully saturated rings. The number of benzene rings is 1. The van der Waals surface area contributed by atoms with Crippen molar-refractivity contribution in [3.05, 3.63) is 47.7 Å². The van der Waals surface area contributed by atoms with Crippen molar-refractivity contribution in [3.8, 4) is 5.75 Å². The molecule has 1 aromatic heterocycles. The summed E-state index contributed by atoms with van der Waals surface area (Å²) in [7, 11) is 0. The highest BCUT2D eigenvalue weighted by molar-refractivity contribution is 5.94. The topological polar surface area (TPSA) is 60.9 Å². The Morgan fingerprint density at radius 2 is 1.66 bits per heavy atom. The molecule has 7 heteroatoms. The van der Waals surface area contributed by atoms with E-state index in [1.165, 1.54) is 56.3 Å². The highest BCUT2D eigenvalue weighted by Crippen LogP contribution is 2.33. The van der Waals surface area contributed by atoms with Crippen molar-refractivity contribution in [2.45, 2.75) is 63.8 Å². The molecule has 0 atom stereocenters. The Labute approximate surface area is 227 Å². The molecule has 4 aliphatic rings. The summed E-state index contributed by atoms with van der Waals surface area (Å²) < 4.78 is 5.73. The van der Waals surface area contributed by atoms with E-state index in [1.54, 1.807) is 0 Å². The van der Waals surface area contributed by atoms with E-state index in [-0.39, 0.29) is 5.91 Å². The Morgan fingerprint density at radius 3 is 2.42 bits per heavy atom. The fraction of sp³-hybridized carbons (Fsp3) is 0.613. The summed E-state index contributed by atoms with van der Waals surface area (Å²) in [5.41, 5.74) is 3.33. The molecule has 7 nitrogen and oxygen atoms in total. The van der Waals surface area contributed by atoms with Gasteiger partial charge < -0.3 is 19.9 Å². The van der Waals surface area contributed by atoms with Gasteiger partial charge in [0.15, 0.2) is 0 Å². The molecule has 1 N–H and O–H groups in total. The van der Waals surface area contributed by atoms with Crippen LogP contribution in [-0.2, 0) is 6.42 Å². The number of carbonyl (C=O) groups is 1. The fourth-order valence-corrected chi connectivity index (χ4v) is 6.76. The second-order valence-electron chi connectivity index (χ2n) is 11.6. The lowest BCUT2D eigenvalue weighted by Gasteiger charge is -2.37. The summed E-state index contributed by atoms with van der Waals surface area (Å²) in [6, 6.07) is 10.5. The molecule has 1 aliphatic carbocycles. The van der Waals surface area contributed by atoms with Crippen molar-refractivity contribution < 1.29 is 9.53 Å². The van der Waals surface area contributed by atoms with Crippen molar-refractivity contribution in [2.75, 3.05) is 62.2 Å². The number of hydrogen-bond acceptors (Lipinski definition) is 6. The highest BCUT2D eigenvalue weighted by atomic mass is 16.5. The summed E-state index contributed by atoms with van der Waals surface area (Å²) in [4.78, 5) is 25.0. The highest BCUT2D eigenvalue weighted by Gasteiger charge is 2.26. The number of piperidine rings is 1. The van der Waals surface area contributed by atoms with Gasteiger partial charge in [0.25, 0.3) is 5.91 Å². The molecule has 0 bridgehead atoms. The van der Waals surface area contributed by atoms with Crippen LogP contribution in [0.2, 0.25) is 0 Å². The fourth-order valence-electron chi connectivity index (χ4n) is 6.76. The standard InChI is InChI=1S/C31H43N5O2/c37-31(25-6-10-27(11-7-25)35-16-2-1-3-17-35)33-26-8-4-24(5-9-26)13-18-34-19-21-36(22-20-34)30-28-14-23-38-29(28)12-15-32-30/h6-7,10-12,15,24,26H,1-5,8-9,13-14,16-23H2,(H,33,37). The summed E-state index contributed by atoms with van der Waals surface area (Å²) in [5, 5.41) is 3.31. The van der Waals surface area contributed by atoms with Crippen LogP contribution in [0.4, 0.5) is 11.5 Å². The predicted octanol–water partition coefficient (Wildman–Crippen LogP) is 4.51. The van der Waals surface area contributed by atoms with Crippen LogP contribution in [0.25, 0.3) is 0 Å². The monoisotopic (exact) mass is 517 g/mol. The number of anilines is 2. The number of nitrogens with one attached hydrogen (secondary N) is 1. The van der Waals surface area contributed by atoms with E-state index in [2.05, 4.69) is 37.1 Å². The smallest absolute Gasteiger partial charge is 0.251 e. The molecular weight excluding hydrogens is 474 g/mol. The van der Waals surface area contributed by atoms with Gasteiger partial charge in [0.1, 0.15) is 11.6 Å². The van der Waals surface area contributed by atoms with Crippen molar-refractivity contribution in [2.24, 2.45) is 5.92 Å². The van der Waals surface area contributed by atoms with Crippen molar-refractivity contribution in [1.82, 2.24) is 15.2 Å². The van der Waals surface area contributed by atoms with Gasteiger partial charge in [-0.3, -0.25) is 9.69 Å². The molecular formula is C31H43N5O2. The lowest BCUT2D eigenvalue weighted by molar-refractivity contribution is 0.0919. The minimum atomic E-state index is 0.0848. The van der Waals surface area contributed by atoms with E-state index in [0.717, 1.165) is 88.2 Å². The average molecular weight is 518 g/mol. The molecule has 1 aromatic carbocycles. The first-order valence-electron chi connectivity index (χ1n) is 15.0. The molecule has 1 amide bonds. The van der Waals surface area contributed by atoms with Gasteiger partial charge in [0.05, 0.1) is 6.61 Å². The van der Waals surface area contributed by atoms with Crippen molar-refractivity contribution in [3.63, 3.8) is 0 Å². The predicted molar refractivity (Wildman–Crippen MR) is 152 cm³/mol. The quantitative estimate of drug-likeness (QED) is 0.583. The van der Waals surface area contributed by atoms with Crippen LogP contribution in [0.15, 0.2) is 36.5 Å². The van der Waals surface area contributed by atoms with Crippen LogP contribution in [0.3, 0.4) is 0 Å². The van der Waals surface area contributed by atoms with Crippen LogP contribution in [-0.4, -0.2) is 74.3 Å². The SMILES string of the molecule is O=C(NC1CCC(CCN2CCN(c3nccc4c3CCO4)CC2)CC1)c1ccc(N2CCCCC2)cc1. The maximum absolute atomic E-state index is 12.9. The number of hydrogen-bond donors (Lipinski definition) is 1. The number of fused-ring (bicyclic) bond motifs is 1. The zero-order valence-corrected chi connectivity index (χ0v) is 22.7. The van der Waals surface area contributed by atoms with E-state index in [4.69, 9.17) is 4.74 Å². The molecule has 204 valence electrons. The maximum atomic E-state index is 12.9. The molecule has 2 saturated heterocycles. The number of rotatable bonds is 7. The Kier molecular flexibility index (Phi) is 8.00. The van der Waals surface area contributed by atoms with Crippen LogP contribution in [0.5, 0.6) is 5.75 Å². The van der Waals surface area contributed by atoms with Crippen LogP contribution in [0.1, 0.15) is 67.3 Å². The van der Waals surface area contributed by atoms with Gasteiger partial charge in [0, 0.05) is 74.7 Å². The number of carbonyl (C=O) groups excluding carboxylic acids is 1. The molecule has 0 spiro atoms. The third kappa shape index (κ3) is 5.93. The molecule has 0 radical (unpaired) electrons. The second kappa shape index (κ2) is 11.9. The first-order valence-corrected chi connectivity index (χ1v) is 15.0. The number of pyridine rings is 1.